The molecule has 2 aromatic rings. The van der Waals surface area contributed by atoms with Crippen LogP contribution in [0.25, 0.3) is 11.0 Å². The standard InChI is InChI=1S/C16H21NO3/c1-17-10-16-14(11-19-12-6-8-18-9-7-12)13-4-2-3-5-15(13)20-16/h2-5,12,17H,6-11H2,1H3. The zero-order valence-corrected chi connectivity index (χ0v) is 11.9. The Morgan fingerprint density at radius 3 is 2.85 bits per heavy atom. The van der Waals surface area contributed by atoms with Crippen LogP contribution in [-0.2, 0) is 22.6 Å². The number of para-hydroxylation sites is 1. The second-order valence-corrected chi connectivity index (χ2v) is 5.15. The fraction of sp³-hybridized carbons (Fsp3) is 0.500. The fourth-order valence-corrected chi connectivity index (χ4v) is 2.65. The quantitative estimate of drug-likeness (QED) is 0.911. The molecule has 0 amide bonds. The monoisotopic (exact) mass is 275 g/mol. The third-order valence-corrected chi connectivity index (χ3v) is 3.75. The van der Waals surface area contributed by atoms with E-state index < -0.39 is 0 Å². The summed E-state index contributed by atoms with van der Waals surface area (Å²) in [6, 6.07) is 8.14. The number of hydrogen-bond donors (Lipinski definition) is 1. The van der Waals surface area contributed by atoms with Crippen LogP contribution in [0.2, 0.25) is 0 Å². The van der Waals surface area contributed by atoms with Gasteiger partial charge in [-0.05, 0) is 26.0 Å². The molecular weight excluding hydrogens is 254 g/mol. The predicted molar refractivity (Wildman–Crippen MR) is 77.6 cm³/mol. The normalized spacial score (nSPS) is 16.9. The van der Waals surface area contributed by atoms with Crippen LogP contribution in [0.1, 0.15) is 24.2 Å². The van der Waals surface area contributed by atoms with Crippen molar-refractivity contribution >= 4 is 11.0 Å². The molecule has 2 heterocycles. The lowest BCUT2D eigenvalue weighted by Crippen LogP contribution is -2.23. The molecule has 4 heteroatoms. The molecule has 1 N–H and O–H groups in total. The summed E-state index contributed by atoms with van der Waals surface area (Å²) in [7, 11) is 1.93. The van der Waals surface area contributed by atoms with Gasteiger partial charge in [-0.1, -0.05) is 18.2 Å². The summed E-state index contributed by atoms with van der Waals surface area (Å²) >= 11 is 0. The average molecular weight is 275 g/mol. The maximum Gasteiger partial charge on any atom is 0.134 e. The van der Waals surface area contributed by atoms with E-state index in [9.17, 15) is 0 Å². The highest BCUT2D eigenvalue weighted by molar-refractivity contribution is 5.82. The molecule has 20 heavy (non-hydrogen) atoms. The van der Waals surface area contributed by atoms with Gasteiger partial charge in [0.25, 0.3) is 0 Å². The maximum atomic E-state index is 6.05. The molecule has 0 bridgehead atoms. The molecule has 0 aliphatic carbocycles. The fourth-order valence-electron chi connectivity index (χ4n) is 2.65. The molecule has 1 aliphatic rings. The van der Waals surface area contributed by atoms with Gasteiger partial charge in [0.15, 0.2) is 0 Å². The van der Waals surface area contributed by atoms with Gasteiger partial charge >= 0.3 is 0 Å². The second kappa shape index (κ2) is 6.39. The summed E-state index contributed by atoms with van der Waals surface area (Å²) in [5.41, 5.74) is 2.10. The summed E-state index contributed by atoms with van der Waals surface area (Å²) in [4.78, 5) is 0. The molecule has 1 aromatic heterocycles. The Hall–Kier alpha value is -1.36. The highest BCUT2D eigenvalue weighted by atomic mass is 16.5. The lowest BCUT2D eigenvalue weighted by atomic mass is 10.1. The largest absolute Gasteiger partial charge is 0.459 e. The van der Waals surface area contributed by atoms with Gasteiger partial charge in [0.05, 0.1) is 19.3 Å². The Bertz CT molecular complexity index is 558. The summed E-state index contributed by atoms with van der Waals surface area (Å²) in [6.45, 7) is 2.94. The second-order valence-electron chi connectivity index (χ2n) is 5.15. The maximum absolute atomic E-state index is 6.05. The zero-order chi connectivity index (χ0) is 13.8. The molecule has 0 saturated carbocycles. The van der Waals surface area contributed by atoms with Crippen molar-refractivity contribution in [2.75, 3.05) is 20.3 Å². The number of fused-ring (bicyclic) bond motifs is 1. The van der Waals surface area contributed by atoms with E-state index in [1.54, 1.807) is 0 Å². The topological polar surface area (TPSA) is 43.6 Å². The van der Waals surface area contributed by atoms with Crippen LogP contribution in [0.4, 0.5) is 0 Å². The summed E-state index contributed by atoms with van der Waals surface area (Å²) in [5.74, 6) is 0.973. The predicted octanol–water partition coefficient (Wildman–Crippen LogP) is 2.85. The van der Waals surface area contributed by atoms with Crippen LogP contribution >= 0.6 is 0 Å². The molecule has 1 saturated heterocycles. The Morgan fingerprint density at radius 1 is 1.25 bits per heavy atom. The number of benzene rings is 1. The van der Waals surface area contributed by atoms with Gasteiger partial charge in [-0.2, -0.15) is 0 Å². The first-order valence-corrected chi connectivity index (χ1v) is 7.21. The van der Waals surface area contributed by atoms with E-state index in [1.807, 2.05) is 25.2 Å². The third-order valence-electron chi connectivity index (χ3n) is 3.75. The Kier molecular flexibility index (Phi) is 4.35. The van der Waals surface area contributed by atoms with Crippen molar-refractivity contribution in [2.24, 2.45) is 0 Å². The van der Waals surface area contributed by atoms with Crippen LogP contribution in [0, 0.1) is 0 Å². The minimum Gasteiger partial charge on any atom is -0.459 e. The van der Waals surface area contributed by atoms with E-state index >= 15 is 0 Å². The smallest absolute Gasteiger partial charge is 0.134 e. The molecule has 108 valence electrons. The van der Waals surface area contributed by atoms with Gasteiger partial charge in [-0.15, -0.1) is 0 Å². The Labute approximate surface area is 119 Å². The summed E-state index contributed by atoms with van der Waals surface area (Å²) in [6.07, 6.45) is 2.27. The first kappa shape index (κ1) is 13.6. The van der Waals surface area contributed by atoms with E-state index in [0.29, 0.717) is 12.7 Å². The van der Waals surface area contributed by atoms with Gasteiger partial charge in [0.1, 0.15) is 11.3 Å². The number of hydrogen-bond acceptors (Lipinski definition) is 4. The first-order valence-electron chi connectivity index (χ1n) is 7.21. The van der Waals surface area contributed by atoms with Crippen molar-refractivity contribution in [3.63, 3.8) is 0 Å². The number of rotatable bonds is 5. The molecule has 1 aromatic carbocycles. The number of nitrogens with one attached hydrogen (secondary N) is 1. The van der Waals surface area contributed by atoms with E-state index in [0.717, 1.165) is 49.3 Å². The van der Waals surface area contributed by atoms with Crippen LogP contribution in [0.3, 0.4) is 0 Å². The van der Waals surface area contributed by atoms with Gasteiger partial charge in [-0.25, -0.2) is 0 Å². The summed E-state index contributed by atoms with van der Waals surface area (Å²) in [5, 5.41) is 4.31. The SMILES string of the molecule is CNCc1oc2ccccc2c1COC1CCOCC1. The highest BCUT2D eigenvalue weighted by Crippen LogP contribution is 2.27. The van der Waals surface area contributed by atoms with Crippen LogP contribution < -0.4 is 5.32 Å². The van der Waals surface area contributed by atoms with E-state index in [2.05, 4.69) is 11.4 Å². The molecule has 1 fully saturated rings. The zero-order valence-electron chi connectivity index (χ0n) is 11.9. The average Bonchev–Trinajstić information content (AvgIpc) is 2.84. The highest BCUT2D eigenvalue weighted by Gasteiger charge is 2.18. The van der Waals surface area contributed by atoms with E-state index in [-0.39, 0.29) is 0 Å². The molecule has 0 atom stereocenters. The van der Waals surface area contributed by atoms with Crippen molar-refractivity contribution in [1.29, 1.82) is 0 Å². The first-order chi connectivity index (χ1) is 9.88. The van der Waals surface area contributed by atoms with Crippen LogP contribution in [0.5, 0.6) is 0 Å². The third kappa shape index (κ3) is 2.87. The molecular formula is C16H21NO3. The lowest BCUT2D eigenvalue weighted by molar-refractivity contribution is -0.0391. The molecule has 1 aliphatic heterocycles. The van der Waals surface area contributed by atoms with Gasteiger partial charge < -0.3 is 19.2 Å². The molecule has 0 unspecified atom stereocenters. The number of furan rings is 1. The minimum absolute atomic E-state index is 0.305. The van der Waals surface area contributed by atoms with Crippen molar-refractivity contribution in [3.05, 3.63) is 35.6 Å². The van der Waals surface area contributed by atoms with Crippen molar-refractivity contribution in [2.45, 2.75) is 32.1 Å². The van der Waals surface area contributed by atoms with Gasteiger partial charge in [-0.3, -0.25) is 0 Å². The van der Waals surface area contributed by atoms with Crippen LogP contribution in [0.15, 0.2) is 28.7 Å². The van der Waals surface area contributed by atoms with Gasteiger partial charge in [0, 0.05) is 24.2 Å². The summed E-state index contributed by atoms with van der Waals surface area (Å²) < 4.78 is 17.3. The Balaban J connectivity index is 1.79. The van der Waals surface area contributed by atoms with Crippen LogP contribution in [-0.4, -0.2) is 26.4 Å². The molecule has 0 radical (unpaired) electrons. The number of ether oxygens (including phenoxy) is 2. The molecule has 3 rings (SSSR count). The van der Waals surface area contributed by atoms with Crippen molar-refractivity contribution < 1.29 is 13.9 Å². The molecule has 0 spiro atoms. The molecule has 4 nitrogen and oxygen atoms in total. The van der Waals surface area contributed by atoms with Crippen molar-refractivity contribution in [1.82, 2.24) is 5.32 Å². The Morgan fingerprint density at radius 2 is 2.05 bits per heavy atom. The van der Waals surface area contributed by atoms with E-state index in [4.69, 9.17) is 13.9 Å². The van der Waals surface area contributed by atoms with E-state index in [1.165, 1.54) is 5.56 Å². The minimum atomic E-state index is 0.305. The lowest BCUT2D eigenvalue weighted by Gasteiger charge is -2.22. The van der Waals surface area contributed by atoms with Gasteiger partial charge in [0.2, 0.25) is 0 Å². The van der Waals surface area contributed by atoms with Crippen molar-refractivity contribution in [3.8, 4) is 0 Å².